The first kappa shape index (κ1) is 10.4. The minimum atomic E-state index is -1.01. The molecule has 2 bridgehead atoms. The van der Waals surface area contributed by atoms with E-state index >= 15 is 0 Å². The number of rotatable bonds is 3. The molecule has 2 saturated heterocycles. The average Bonchev–Trinajstić information content (AvgIpc) is 2.78. The van der Waals surface area contributed by atoms with Gasteiger partial charge in [0.25, 0.3) is 0 Å². The maximum absolute atomic E-state index is 11.7. The molecular formula is C10H15NO4. The minimum absolute atomic E-state index is 0.0102. The number of hydrogen-bond acceptors (Lipinski definition) is 3. The SMILES string of the molecule is C[C@@H](NC(=O)C1CC2CCC1O2)C(=O)O. The van der Waals surface area contributed by atoms with Gasteiger partial charge >= 0.3 is 5.97 Å². The van der Waals surface area contributed by atoms with Crippen molar-refractivity contribution in [2.24, 2.45) is 5.92 Å². The van der Waals surface area contributed by atoms with Gasteiger partial charge in [-0.25, -0.2) is 0 Å². The van der Waals surface area contributed by atoms with Crippen molar-refractivity contribution in [1.29, 1.82) is 0 Å². The van der Waals surface area contributed by atoms with Crippen molar-refractivity contribution in [3.63, 3.8) is 0 Å². The summed E-state index contributed by atoms with van der Waals surface area (Å²) in [4.78, 5) is 22.3. The number of carboxylic acids is 1. The zero-order valence-corrected chi connectivity index (χ0v) is 8.60. The van der Waals surface area contributed by atoms with E-state index in [1.165, 1.54) is 6.92 Å². The predicted molar refractivity (Wildman–Crippen MR) is 51.2 cm³/mol. The molecule has 1 amide bonds. The van der Waals surface area contributed by atoms with Crippen molar-refractivity contribution < 1.29 is 19.4 Å². The van der Waals surface area contributed by atoms with Crippen molar-refractivity contribution in [2.75, 3.05) is 0 Å². The van der Waals surface area contributed by atoms with Crippen LogP contribution >= 0.6 is 0 Å². The number of aliphatic carboxylic acids is 1. The summed E-state index contributed by atoms with van der Waals surface area (Å²) in [6.07, 6.45) is 2.91. The number of amides is 1. The van der Waals surface area contributed by atoms with Gasteiger partial charge in [0.05, 0.1) is 18.1 Å². The molecule has 0 spiro atoms. The summed E-state index contributed by atoms with van der Waals surface area (Å²) in [5.41, 5.74) is 0. The second-order valence-corrected chi connectivity index (χ2v) is 4.28. The van der Waals surface area contributed by atoms with E-state index in [0.29, 0.717) is 0 Å². The van der Waals surface area contributed by atoms with E-state index in [1.54, 1.807) is 0 Å². The Morgan fingerprint density at radius 3 is 2.67 bits per heavy atom. The summed E-state index contributed by atoms with van der Waals surface area (Å²) in [6.45, 7) is 1.47. The summed E-state index contributed by atoms with van der Waals surface area (Å²) in [5.74, 6) is -1.34. The molecule has 84 valence electrons. The van der Waals surface area contributed by atoms with Crippen LogP contribution in [0.5, 0.6) is 0 Å². The van der Waals surface area contributed by atoms with E-state index < -0.39 is 12.0 Å². The number of carbonyl (C=O) groups excluding carboxylic acids is 1. The van der Waals surface area contributed by atoms with E-state index in [1.807, 2.05) is 0 Å². The lowest BCUT2D eigenvalue weighted by atomic mass is 9.88. The first-order chi connectivity index (χ1) is 7.08. The monoisotopic (exact) mass is 213 g/mol. The molecule has 4 atom stereocenters. The molecule has 15 heavy (non-hydrogen) atoms. The summed E-state index contributed by atoms with van der Waals surface area (Å²) in [7, 11) is 0. The zero-order chi connectivity index (χ0) is 11.0. The third-order valence-corrected chi connectivity index (χ3v) is 3.17. The van der Waals surface area contributed by atoms with Gasteiger partial charge in [-0.1, -0.05) is 0 Å². The highest BCUT2D eigenvalue weighted by Gasteiger charge is 2.44. The molecule has 5 nitrogen and oxygen atoms in total. The lowest BCUT2D eigenvalue weighted by Gasteiger charge is -2.19. The highest BCUT2D eigenvalue weighted by atomic mass is 16.5. The number of fused-ring (bicyclic) bond motifs is 2. The highest BCUT2D eigenvalue weighted by Crippen LogP contribution is 2.38. The van der Waals surface area contributed by atoms with Gasteiger partial charge in [-0.2, -0.15) is 0 Å². The number of carboxylic acid groups (broad SMARTS) is 1. The molecule has 2 fully saturated rings. The summed E-state index contributed by atoms with van der Waals surface area (Å²) >= 11 is 0. The van der Waals surface area contributed by atoms with E-state index in [9.17, 15) is 9.59 Å². The molecular weight excluding hydrogens is 198 g/mol. The lowest BCUT2D eigenvalue weighted by Crippen LogP contribution is -2.44. The Balaban J connectivity index is 1.89. The maximum Gasteiger partial charge on any atom is 0.325 e. The molecule has 2 rings (SSSR count). The first-order valence-corrected chi connectivity index (χ1v) is 5.26. The Kier molecular flexibility index (Phi) is 2.65. The van der Waals surface area contributed by atoms with E-state index in [0.717, 1.165) is 19.3 Å². The van der Waals surface area contributed by atoms with Gasteiger partial charge in [0.2, 0.25) is 5.91 Å². The molecule has 3 unspecified atom stereocenters. The van der Waals surface area contributed by atoms with E-state index in [2.05, 4.69) is 5.32 Å². The highest BCUT2D eigenvalue weighted by molar-refractivity contribution is 5.85. The number of hydrogen-bond donors (Lipinski definition) is 2. The Morgan fingerprint density at radius 2 is 2.20 bits per heavy atom. The van der Waals surface area contributed by atoms with Crippen molar-refractivity contribution in [3.8, 4) is 0 Å². The van der Waals surface area contributed by atoms with E-state index in [-0.39, 0.29) is 24.0 Å². The number of carbonyl (C=O) groups is 2. The molecule has 0 aromatic rings. The molecule has 0 saturated carbocycles. The molecule has 0 aliphatic carbocycles. The smallest absolute Gasteiger partial charge is 0.325 e. The molecule has 0 aromatic carbocycles. The maximum atomic E-state index is 11.7. The van der Waals surface area contributed by atoms with Crippen molar-refractivity contribution in [1.82, 2.24) is 5.32 Å². The van der Waals surface area contributed by atoms with Crippen LogP contribution in [-0.2, 0) is 14.3 Å². The average molecular weight is 213 g/mol. The second kappa shape index (κ2) is 3.81. The van der Waals surface area contributed by atoms with Gasteiger partial charge in [0.1, 0.15) is 6.04 Å². The van der Waals surface area contributed by atoms with Crippen LogP contribution in [0.2, 0.25) is 0 Å². The molecule has 2 aliphatic rings. The fourth-order valence-corrected chi connectivity index (χ4v) is 2.30. The summed E-state index contributed by atoms with van der Waals surface area (Å²) < 4.78 is 5.54. The third kappa shape index (κ3) is 1.97. The van der Waals surface area contributed by atoms with Gasteiger partial charge in [-0.3, -0.25) is 9.59 Å². The van der Waals surface area contributed by atoms with Crippen molar-refractivity contribution in [3.05, 3.63) is 0 Å². The van der Waals surface area contributed by atoms with Gasteiger partial charge in [-0.15, -0.1) is 0 Å². The van der Waals surface area contributed by atoms with Crippen LogP contribution in [0.15, 0.2) is 0 Å². The largest absolute Gasteiger partial charge is 0.480 e. The second-order valence-electron chi connectivity index (χ2n) is 4.28. The zero-order valence-electron chi connectivity index (χ0n) is 8.60. The van der Waals surface area contributed by atoms with Gasteiger partial charge < -0.3 is 15.2 Å². The fourth-order valence-electron chi connectivity index (χ4n) is 2.30. The molecule has 5 heteroatoms. The normalized spacial score (nSPS) is 35.1. The molecule has 2 N–H and O–H groups in total. The van der Waals surface area contributed by atoms with Crippen LogP contribution in [0.4, 0.5) is 0 Å². The molecule has 0 radical (unpaired) electrons. The summed E-state index contributed by atoms with van der Waals surface area (Å²) in [6, 6.07) is -0.823. The topological polar surface area (TPSA) is 75.6 Å². The van der Waals surface area contributed by atoms with Crippen LogP contribution < -0.4 is 5.32 Å². The molecule has 2 heterocycles. The van der Waals surface area contributed by atoms with Crippen molar-refractivity contribution in [2.45, 2.75) is 44.4 Å². The fraction of sp³-hybridized carbons (Fsp3) is 0.800. The van der Waals surface area contributed by atoms with Crippen LogP contribution in [0.25, 0.3) is 0 Å². The van der Waals surface area contributed by atoms with Crippen LogP contribution in [0, 0.1) is 5.92 Å². The molecule has 0 aromatic heterocycles. The first-order valence-electron chi connectivity index (χ1n) is 5.26. The van der Waals surface area contributed by atoms with Crippen LogP contribution in [0.3, 0.4) is 0 Å². The van der Waals surface area contributed by atoms with E-state index in [4.69, 9.17) is 9.84 Å². The Bertz CT molecular complexity index is 291. The Labute approximate surface area is 87.8 Å². The predicted octanol–water partition coefficient (Wildman–Crippen LogP) is 0.143. The minimum Gasteiger partial charge on any atom is -0.480 e. The van der Waals surface area contributed by atoms with Crippen LogP contribution in [-0.4, -0.2) is 35.2 Å². The Morgan fingerprint density at radius 1 is 1.47 bits per heavy atom. The van der Waals surface area contributed by atoms with Crippen molar-refractivity contribution >= 4 is 11.9 Å². The van der Waals surface area contributed by atoms with Gasteiger partial charge in [-0.05, 0) is 26.2 Å². The quantitative estimate of drug-likeness (QED) is 0.699. The third-order valence-electron chi connectivity index (χ3n) is 3.17. The number of ether oxygens (including phenoxy) is 1. The lowest BCUT2D eigenvalue weighted by molar-refractivity contribution is -0.142. The summed E-state index contributed by atoms with van der Waals surface area (Å²) in [5, 5.41) is 11.1. The number of nitrogens with one attached hydrogen (secondary N) is 1. The molecule has 2 aliphatic heterocycles. The standard InChI is InChI=1S/C10H15NO4/c1-5(10(13)14)11-9(12)7-4-6-2-3-8(7)15-6/h5-8H,2-4H2,1H3,(H,11,12)(H,13,14)/t5-,6?,7?,8?/m1/s1. The van der Waals surface area contributed by atoms with Gasteiger partial charge in [0.15, 0.2) is 0 Å². The Hall–Kier alpha value is -1.10. The van der Waals surface area contributed by atoms with Gasteiger partial charge in [0, 0.05) is 0 Å². The van der Waals surface area contributed by atoms with Crippen LogP contribution in [0.1, 0.15) is 26.2 Å².